The van der Waals surface area contributed by atoms with E-state index in [0.717, 1.165) is 12.2 Å². The molecule has 1 saturated heterocycles. The van der Waals surface area contributed by atoms with Crippen LogP contribution in [0.4, 0.5) is 17.1 Å². The van der Waals surface area contributed by atoms with Crippen LogP contribution in [0.1, 0.15) is 6.42 Å². The molecule has 3 N–H and O–H groups in total. The minimum absolute atomic E-state index is 0.0184. The van der Waals surface area contributed by atoms with Gasteiger partial charge < -0.3 is 20.6 Å². The normalized spacial score (nSPS) is 22.5. The van der Waals surface area contributed by atoms with E-state index < -0.39 is 11.0 Å². The van der Waals surface area contributed by atoms with Crippen LogP contribution < -0.4 is 10.6 Å². The first-order valence-electron chi connectivity index (χ1n) is 6.52. The number of hydrogen-bond acceptors (Lipinski definition) is 6. The topological polar surface area (TPSA) is 95.9 Å². The molecule has 1 aliphatic heterocycles. The minimum Gasteiger partial charge on any atom is -0.397 e. The second-order valence-corrected chi connectivity index (χ2v) is 5.46. The van der Waals surface area contributed by atoms with Gasteiger partial charge in [-0.05, 0) is 26.6 Å². The van der Waals surface area contributed by atoms with Crippen molar-refractivity contribution in [1.82, 2.24) is 4.90 Å². The molecule has 1 aliphatic rings. The predicted octanol–water partition coefficient (Wildman–Crippen LogP) is 0.678. The molecule has 1 heterocycles. The quantitative estimate of drug-likeness (QED) is 0.478. The van der Waals surface area contributed by atoms with Crippen molar-refractivity contribution in [1.29, 1.82) is 0 Å². The summed E-state index contributed by atoms with van der Waals surface area (Å²) in [5, 5.41) is 20.6. The highest BCUT2D eigenvalue weighted by Crippen LogP contribution is 2.33. The van der Waals surface area contributed by atoms with Crippen LogP contribution in [0, 0.1) is 10.1 Å². The summed E-state index contributed by atoms with van der Waals surface area (Å²) in [4.78, 5) is 14.4. The van der Waals surface area contributed by atoms with Gasteiger partial charge in [0.25, 0.3) is 5.69 Å². The Labute approximate surface area is 117 Å². The molecule has 20 heavy (non-hydrogen) atoms. The number of β-amino-alcohol motifs (C(OH)–C–C–N with tert-alkyl or cyclic N) is 1. The van der Waals surface area contributed by atoms with Gasteiger partial charge in [-0.1, -0.05) is 0 Å². The second-order valence-electron chi connectivity index (χ2n) is 5.46. The second kappa shape index (κ2) is 5.64. The molecular formula is C13H20N4O3. The third-order valence-electron chi connectivity index (χ3n) is 3.50. The van der Waals surface area contributed by atoms with Crippen molar-refractivity contribution in [2.75, 3.05) is 37.8 Å². The van der Waals surface area contributed by atoms with E-state index in [-0.39, 0.29) is 11.7 Å². The number of nitrogens with two attached hydrogens (primary N) is 1. The number of hydrogen-bond donors (Lipinski definition) is 2. The third kappa shape index (κ3) is 3.00. The van der Waals surface area contributed by atoms with E-state index >= 15 is 0 Å². The Kier molecular flexibility index (Phi) is 4.10. The maximum absolute atomic E-state index is 10.7. The Morgan fingerprint density at radius 1 is 1.55 bits per heavy atom. The van der Waals surface area contributed by atoms with E-state index in [2.05, 4.69) is 4.90 Å². The van der Waals surface area contributed by atoms with Gasteiger partial charge in [0.2, 0.25) is 0 Å². The first-order valence-corrected chi connectivity index (χ1v) is 6.52. The van der Waals surface area contributed by atoms with E-state index in [1.54, 1.807) is 6.07 Å². The van der Waals surface area contributed by atoms with Crippen molar-refractivity contribution in [3.05, 3.63) is 28.3 Å². The van der Waals surface area contributed by atoms with Crippen LogP contribution >= 0.6 is 0 Å². The maximum atomic E-state index is 10.7. The molecule has 7 nitrogen and oxygen atoms in total. The van der Waals surface area contributed by atoms with Crippen molar-refractivity contribution in [3.8, 4) is 0 Å². The average molecular weight is 280 g/mol. The third-order valence-corrected chi connectivity index (χ3v) is 3.50. The Morgan fingerprint density at radius 2 is 2.25 bits per heavy atom. The van der Waals surface area contributed by atoms with Crippen molar-refractivity contribution in [2.45, 2.75) is 18.6 Å². The zero-order chi connectivity index (χ0) is 14.9. The fourth-order valence-corrected chi connectivity index (χ4v) is 2.70. The smallest absolute Gasteiger partial charge is 0.271 e. The molecule has 0 saturated carbocycles. The molecule has 0 aliphatic carbocycles. The van der Waals surface area contributed by atoms with E-state index in [9.17, 15) is 15.2 Å². The lowest BCUT2D eigenvalue weighted by atomic mass is 10.1. The summed E-state index contributed by atoms with van der Waals surface area (Å²) in [5.41, 5.74) is 7.04. The van der Waals surface area contributed by atoms with E-state index in [4.69, 9.17) is 5.73 Å². The zero-order valence-electron chi connectivity index (χ0n) is 11.7. The van der Waals surface area contributed by atoms with Crippen LogP contribution in [0.2, 0.25) is 0 Å². The molecular weight excluding hydrogens is 260 g/mol. The first kappa shape index (κ1) is 14.5. The van der Waals surface area contributed by atoms with Gasteiger partial charge in [-0.2, -0.15) is 0 Å². The standard InChI is InChI=1S/C13H20N4O3/c1-15(2)7-10-5-11(18)8-16(10)13-4-3-9(17(19)20)6-12(13)14/h3-4,6,10-11,18H,5,7-8,14H2,1-2H3. The lowest BCUT2D eigenvalue weighted by molar-refractivity contribution is -0.384. The van der Waals surface area contributed by atoms with Crippen LogP contribution in [0.15, 0.2) is 18.2 Å². The van der Waals surface area contributed by atoms with Crippen molar-refractivity contribution < 1.29 is 10.0 Å². The van der Waals surface area contributed by atoms with Gasteiger partial charge in [0, 0.05) is 31.3 Å². The fraction of sp³-hybridized carbons (Fsp3) is 0.538. The van der Waals surface area contributed by atoms with Crippen LogP contribution in [-0.4, -0.2) is 54.3 Å². The number of nitro benzene ring substituents is 1. The molecule has 0 bridgehead atoms. The SMILES string of the molecule is CN(C)CC1CC(O)CN1c1ccc([N+](=O)[O-])cc1N. The molecule has 1 aromatic rings. The molecule has 1 fully saturated rings. The summed E-state index contributed by atoms with van der Waals surface area (Å²) >= 11 is 0. The van der Waals surface area contributed by atoms with Crippen LogP contribution in [0.25, 0.3) is 0 Å². The highest BCUT2D eigenvalue weighted by Gasteiger charge is 2.32. The summed E-state index contributed by atoms with van der Waals surface area (Å²) in [5.74, 6) is 0. The number of aliphatic hydroxyl groups is 1. The number of benzene rings is 1. The number of nitrogens with zero attached hydrogens (tertiary/aromatic N) is 3. The molecule has 2 unspecified atom stereocenters. The summed E-state index contributed by atoms with van der Waals surface area (Å²) in [6, 6.07) is 4.63. The summed E-state index contributed by atoms with van der Waals surface area (Å²) < 4.78 is 0. The molecule has 2 atom stereocenters. The average Bonchev–Trinajstić information content (AvgIpc) is 2.68. The van der Waals surface area contributed by atoms with Gasteiger partial charge in [0.1, 0.15) is 0 Å². The molecule has 110 valence electrons. The van der Waals surface area contributed by atoms with Gasteiger partial charge in [-0.3, -0.25) is 10.1 Å². The lowest BCUT2D eigenvalue weighted by Crippen LogP contribution is -2.37. The van der Waals surface area contributed by atoms with Gasteiger partial charge in [-0.25, -0.2) is 0 Å². The summed E-state index contributed by atoms with van der Waals surface area (Å²) in [6.07, 6.45) is 0.281. The predicted molar refractivity (Wildman–Crippen MR) is 77.8 cm³/mol. The number of likely N-dealkylation sites (N-methyl/N-ethyl adjacent to an activating group) is 1. The van der Waals surface area contributed by atoms with Crippen LogP contribution in [-0.2, 0) is 0 Å². The number of aliphatic hydroxyl groups excluding tert-OH is 1. The van der Waals surface area contributed by atoms with E-state index in [1.807, 2.05) is 19.0 Å². The molecule has 0 aromatic heterocycles. The Balaban J connectivity index is 2.27. The van der Waals surface area contributed by atoms with Gasteiger partial charge in [0.15, 0.2) is 0 Å². The first-order chi connectivity index (χ1) is 9.38. The zero-order valence-corrected chi connectivity index (χ0v) is 11.7. The van der Waals surface area contributed by atoms with Gasteiger partial charge in [-0.15, -0.1) is 0 Å². The van der Waals surface area contributed by atoms with Gasteiger partial charge in [0.05, 0.1) is 22.4 Å². The number of nitrogen functional groups attached to an aromatic ring is 1. The summed E-state index contributed by atoms with van der Waals surface area (Å²) in [7, 11) is 3.95. The number of nitro groups is 1. The fourth-order valence-electron chi connectivity index (χ4n) is 2.70. The largest absolute Gasteiger partial charge is 0.397 e. The van der Waals surface area contributed by atoms with Crippen molar-refractivity contribution in [2.24, 2.45) is 0 Å². The monoisotopic (exact) mass is 280 g/mol. The Morgan fingerprint density at radius 3 is 2.80 bits per heavy atom. The summed E-state index contributed by atoms with van der Waals surface area (Å²) in [6.45, 7) is 1.30. The number of non-ortho nitro benzene ring substituents is 1. The van der Waals surface area contributed by atoms with Crippen LogP contribution in [0.3, 0.4) is 0 Å². The maximum Gasteiger partial charge on any atom is 0.271 e. The van der Waals surface area contributed by atoms with Crippen LogP contribution in [0.5, 0.6) is 0 Å². The number of anilines is 2. The molecule has 0 amide bonds. The molecule has 0 radical (unpaired) electrons. The molecule has 7 heteroatoms. The Hall–Kier alpha value is -1.86. The van der Waals surface area contributed by atoms with E-state index in [1.165, 1.54) is 12.1 Å². The highest BCUT2D eigenvalue weighted by atomic mass is 16.6. The minimum atomic E-state index is -0.462. The van der Waals surface area contributed by atoms with Crippen molar-refractivity contribution in [3.63, 3.8) is 0 Å². The lowest BCUT2D eigenvalue weighted by Gasteiger charge is -2.29. The van der Waals surface area contributed by atoms with Gasteiger partial charge >= 0.3 is 0 Å². The number of rotatable bonds is 4. The molecule has 1 aromatic carbocycles. The van der Waals surface area contributed by atoms with Crippen molar-refractivity contribution >= 4 is 17.1 Å². The van der Waals surface area contributed by atoms with E-state index in [0.29, 0.717) is 18.7 Å². The highest BCUT2D eigenvalue weighted by molar-refractivity contribution is 5.71. The molecule has 2 rings (SSSR count). The Bertz CT molecular complexity index is 506. The molecule has 0 spiro atoms.